The number of benzene rings is 2. The Labute approximate surface area is 188 Å². The van der Waals surface area contributed by atoms with Crippen LogP contribution in [0.5, 0.6) is 5.75 Å². The number of rotatable bonds is 2. The number of anilines is 1. The number of thiazole rings is 1. The molecular weight excluding hydrogens is 427 g/mol. The predicted octanol–water partition coefficient (Wildman–Crippen LogP) is 3.95. The van der Waals surface area contributed by atoms with Crippen LogP contribution in [0, 0.1) is 5.82 Å². The van der Waals surface area contributed by atoms with Crippen molar-refractivity contribution >= 4 is 38.1 Å². The Bertz CT molecular complexity index is 1390. The van der Waals surface area contributed by atoms with Crippen LogP contribution in [0.25, 0.3) is 31.7 Å². The number of hydrogen-bond donors (Lipinski definition) is 0. The van der Waals surface area contributed by atoms with E-state index in [0.29, 0.717) is 39.5 Å². The summed E-state index contributed by atoms with van der Waals surface area (Å²) in [4.78, 5) is 22.5. The van der Waals surface area contributed by atoms with Gasteiger partial charge in [-0.15, -0.1) is 11.3 Å². The fourth-order valence-electron chi connectivity index (χ4n) is 4.72. The van der Waals surface area contributed by atoms with Gasteiger partial charge in [-0.1, -0.05) is 12.1 Å². The summed E-state index contributed by atoms with van der Waals surface area (Å²) in [5.41, 5.74) is 2.30. The molecule has 0 aliphatic carbocycles. The van der Waals surface area contributed by atoms with Crippen LogP contribution < -0.4 is 15.1 Å². The molecule has 32 heavy (non-hydrogen) atoms. The molecule has 1 saturated heterocycles. The molecule has 0 N–H and O–H groups in total. The van der Waals surface area contributed by atoms with Crippen LogP contribution in [0.15, 0.2) is 41.3 Å². The highest BCUT2D eigenvalue weighted by Gasteiger charge is 2.30. The second-order valence-corrected chi connectivity index (χ2v) is 9.69. The molecule has 6 nitrogen and oxygen atoms in total. The van der Waals surface area contributed by atoms with E-state index < -0.39 is 5.82 Å². The predicted molar refractivity (Wildman–Crippen MR) is 127 cm³/mol. The Balaban J connectivity index is 1.59. The van der Waals surface area contributed by atoms with Gasteiger partial charge in [-0.3, -0.25) is 4.79 Å². The molecule has 0 radical (unpaired) electrons. The van der Waals surface area contributed by atoms with Gasteiger partial charge in [0.05, 0.1) is 33.2 Å². The zero-order chi connectivity index (χ0) is 22.0. The lowest BCUT2D eigenvalue weighted by Gasteiger charge is -2.37. The number of piperazine rings is 1. The topological polar surface area (TPSA) is 50.6 Å². The number of likely N-dealkylation sites (N-methyl/N-ethyl adjacent to an activating group) is 1. The van der Waals surface area contributed by atoms with E-state index in [9.17, 15) is 4.79 Å². The summed E-state index contributed by atoms with van der Waals surface area (Å²) in [6.07, 6.45) is 1.74. The Kier molecular flexibility index (Phi) is 4.48. The number of nitrogens with zero attached hydrogens (tertiary/aromatic N) is 4. The van der Waals surface area contributed by atoms with Crippen molar-refractivity contribution in [2.45, 2.75) is 19.6 Å². The van der Waals surface area contributed by atoms with Gasteiger partial charge in [0.2, 0.25) is 0 Å². The normalized spacial score (nSPS) is 19.0. The van der Waals surface area contributed by atoms with Gasteiger partial charge in [0.25, 0.3) is 0 Å². The summed E-state index contributed by atoms with van der Waals surface area (Å²) in [6.45, 7) is 5.72. The highest BCUT2D eigenvalue weighted by Crippen LogP contribution is 2.42. The van der Waals surface area contributed by atoms with Crippen molar-refractivity contribution in [3.63, 3.8) is 0 Å². The number of para-hydroxylation sites is 1. The van der Waals surface area contributed by atoms with E-state index in [-0.39, 0.29) is 11.5 Å². The first-order chi connectivity index (χ1) is 15.5. The number of ether oxygens (including phenoxy) is 1. The summed E-state index contributed by atoms with van der Waals surface area (Å²) >= 11 is 1.48. The molecule has 0 bridgehead atoms. The van der Waals surface area contributed by atoms with Crippen molar-refractivity contribution in [3.8, 4) is 16.3 Å². The second-order valence-electron chi connectivity index (χ2n) is 8.66. The minimum absolute atomic E-state index is 0.135. The Morgan fingerprint density at radius 2 is 1.97 bits per heavy atom. The van der Waals surface area contributed by atoms with Crippen LogP contribution in [0.1, 0.15) is 6.92 Å². The average molecular weight is 451 g/mol. The third kappa shape index (κ3) is 3.01. The molecule has 6 rings (SSSR count). The quantitative estimate of drug-likeness (QED) is 0.463. The first-order valence-corrected chi connectivity index (χ1v) is 11.7. The third-order valence-electron chi connectivity index (χ3n) is 6.36. The highest BCUT2D eigenvalue weighted by molar-refractivity contribution is 7.21. The SMILES string of the molecule is CC1Cn2cc(-c3nc4ccccc4s3)c(=O)c3cc(F)c(N4CCN(C)CC4)c(c32)O1. The molecule has 1 unspecified atom stereocenters. The van der Waals surface area contributed by atoms with Gasteiger partial charge in [0.1, 0.15) is 16.8 Å². The van der Waals surface area contributed by atoms with Crippen LogP contribution in [-0.2, 0) is 6.54 Å². The summed E-state index contributed by atoms with van der Waals surface area (Å²) in [7, 11) is 2.07. The van der Waals surface area contributed by atoms with Crippen LogP contribution in [0.4, 0.5) is 10.1 Å². The molecule has 2 aromatic carbocycles. The third-order valence-corrected chi connectivity index (χ3v) is 7.43. The molecule has 0 spiro atoms. The van der Waals surface area contributed by atoms with Crippen molar-refractivity contribution in [1.29, 1.82) is 0 Å². The minimum Gasteiger partial charge on any atom is -0.484 e. The fraction of sp³-hybridized carbons (Fsp3) is 0.333. The van der Waals surface area contributed by atoms with E-state index in [1.54, 1.807) is 0 Å². The van der Waals surface area contributed by atoms with Gasteiger partial charge in [0.15, 0.2) is 17.0 Å². The lowest BCUT2D eigenvalue weighted by Crippen LogP contribution is -2.45. The molecular formula is C24H23FN4O2S. The molecule has 2 aliphatic heterocycles. The van der Waals surface area contributed by atoms with Crippen LogP contribution >= 0.6 is 11.3 Å². The van der Waals surface area contributed by atoms with E-state index in [1.165, 1.54) is 17.4 Å². The molecule has 1 fully saturated rings. The Morgan fingerprint density at radius 3 is 2.75 bits per heavy atom. The van der Waals surface area contributed by atoms with Gasteiger partial charge >= 0.3 is 0 Å². The lowest BCUT2D eigenvalue weighted by molar-refractivity contribution is 0.188. The van der Waals surface area contributed by atoms with Crippen LogP contribution in [0.2, 0.25) is 0 Å². The number of hydrogen-bond acceptors (Lipinski definition) is 6. The molecule has 164 valence electrons. The second kappa shape index (κ2) is 7.28. The van der Waals surface area contributed by atoms with E-state index in [2.05, 4.69) is 16.9 Å². The highest BCUT2D eigenvalue weighted by atomic mass is 32.1. The maximum Gasteiger partial charge on any atom is 0.199 e. The van der Waals surface area contributed by atoms with Crippen molar-refractivity contribution < 1.29 is 9.13 Å². The van der Waals surface area contributed by atoms with Crippen LogP contribution in [0.3, 0.4) is 0 Å². The van der Waals surface area contributed by atoms with E-state index in [0.717, 1.165) is 36.4 Å². The summed E-state index contributed by atoms with van der Waals surface area (Å²) in [5.74, 6) is 0.0764. The van der Waals surface area contributed by atoms with Gasteiger partial charge < -0.3 is 19.1 Å². The Morgan fingerprint density at radius 1 is 1.19 bits per heavy atom. The van der Waals surface area contributed by atoms with Gasteiger partial charge in [-0.05, 0) is 32.2 Å². The van der Waals surface area contributed by atoms with Crippen molar-refractivity contribution in [2.24, 2.45) is 0 Å². The Hall–Kier alpha value is -2.97. The standard InChI is InChI=1S/C24H23FN4O2S/c1-14-12-29-13-16(24-26-18-5-3-4-6-19(18)32-24)22(30)15-11-17(25)21(23(31-14)20(15)29)28-9-7-27(2)8-10-28/h3-6,11,13-14H,7-10,12H2,1-2H3. The number of halogens is 1. The molecule has 4 aromatic rings. The monoisotopic (exact) mass is 450 g/mol. The fourth-order valence-corrected chi connectivity index (χ4v) is 5.70. The number of aromatic nitrogens is 2. The van der Waals surface area contributed by atoms with Gasteiger partial charge in [-0.2, -0.15) is 0 Å². The average Bonchev–Trinajstić information content (AvgIpc) is 3.20. The zero-order valence-electron chi connectivity index (χ0n) is 18.0. The van der Waals surface area contributed by atoms with Gasteiger partial charge in [-0.25, -0.2) is 9.37 Å². The maximum absolute atomic E-state index is 15.5. The summed E-state index contributed by atoms with van der Waals surface area (Å²) in [5, 5.41) is 1.00. The smallest absolute Gasteiger partial charge is 0.199 e. The molecule has 0 amide bonds. The number of fused-ring (bicyclic) bond motifs is 1. The van der Waals surface area contributed by atoms with E-state index in [4.69, 9.17) is 4.74 Å². The van der Waals surface area contributed by atoms with Crippen molar-refractivity contribution in [2.75, 3.05) is 38.1 Å². The molecule has 0 saturated carbocycles. The molecule has 1 atom stereocenters. The first-order valence-electron chi connectivity index (χ1n) is 10.9. The van der Waals surface area contributed by atoms with E-state index in [1.807, 2.05) is 46.9 Å². The number of pyridine rings is 1. The van der Waals surface area contributed by atoms with Crippen molar-refractivity contribution in [1.82, 2.24) is 14.5 Å². The molecule has 8 heteroatoms. The molecule has 4 heterocycles. The molecule has 2 aromatic heterocycles. The molecule has 2 aliphatic rings. The first kappa shape index (κ1) is 19.7. The summed E-state index contributed by atoms with van der Waals surface area (Å²) < 4.78 is 24.8. The van der Waals surface area contributed by atoms with Gasteiger partial charge in [0, 0.05) is 32.4 Å². The lowest BCUT2D eigenvalue weighted by atomic mass is 10.1. The zero-order valence-corrected chi connectivity index (χ0v) is 18.8. The summed E-state index contributed by atoms with van der Waals surface area (Å²) in [6, 6.07) is 9.22. The maximum atomic E-state index is 15.5. The van der Waals surface area contributed by atoms with E-state index >= 15 is 4.39 Å². The minimum atomic E-state index is -0.406. The van der Waals surface area contributed by atoms with Crippen LogP contribution in [-0.4, -0.2) is 53.8 Å². The largest absolute Gasteiger partial charge is 0.484 e. The van der Waals surface area contributed by atoms with Crippen molar-refractivity contribution in [3.05, 3.63) is 52.6 Å².